The van der Waals surface area contributed by atoms with E-state index in [4.69, 9.17) is 0 Å². The smallest absolute Gasteiger partial charge is 0.0159 e. The highest BCUT2D eigenvalue weighted by atomic mass is 14.4. The van der Waals surface area contributed by atoms with Gasteiger partial charge in [0.1, 0.15) is 0 Å². The molecule has 0 nitrogen and oxygen atoms in total. The minimum absolute atomic E-state index is 0.0739. The van der Waals surface area contributed by atoms with E-state index >= 15 is 0 Å². The first kappa shape index (κ1) is 26.5. The van der Waals surface area contributed by atoms with Crippen LogP contribution in [0.25, 0.3) is 87.6 Å². The van der Waals surface area contributed by atoms with Crippen molar-refractivity contribution in [2.45, 2.75) is 19.3 Å². The molecule has 0 radical (unpaired) electrons. The van der Waals surface area contributed by atoms with Gasteiger partial charge in [-0.1, -0.05) is 153 Å². The Hall–Kier alpha value is -5.72. The van der Waals surface area contributed by atoms with Crippen molar-refractivity contribution in [3.8, 4) is 44.5 Å². The lowest BCUT2D eigenvalue weighted by molar-refractivity contribution is 0.661. The van der Waals surface area contributed by atoms with E-state index in [1.807, 2.05) is 0 Å². The SMILES string of the molecule is CC1(C)c2cc(-c3ccc4ccc5c(-c6ccccc6-c6ccccc6)ccc6ccc3c4c65)ccc2-c2cc3ccccc3cc21. The van der Waals surface area contributed by atoms with Crippen molar-refractivity contribution < 1.29 is 0 Å². The maximum absolute atomic E-state index is 2.47. The minimum Gasteiger partial charge on any atom is -0.0622 e. The van der Waals surface area contributed by atoms with Crippen LogP contribution in [0.15, 0.2) is 158 Å². The van der Waals surface area contributed by atoms with Gasteiger partial charge in [-0.25, -0.2) is 0 Å². The number of rotatable bonds is 3. The lowest BCUT2D eigenvalue weighted by atomic mass is 9.80. The summed E-state index contributed by atoms with van der Waals surface area (Å²) in [7, 11) is 0. The van der Waals surface area contributed by atoms with Crippen molar-refractivity contribution >= 4 is 43.1 Å². The number of hydrogen-bond donors (Lipinski definition) is 0. The molecule has 0 aromatic heterocycles. The second kappa shape index (κ2) is 9.64. The van der Waals surface area contributed by atoms with Gasteiger partial charge in [0, 0.05) is 5.41 Å². The molecular formula is C47H32. The molecule has 47 heavy (non-hydrogen) atoms. The molecule has 1 aliphatic carbocycles. The average Bonchev–Trinajstić information content (AvgIpc) is 3.34. The van der Waals surface area contributed by atoms with E-state index in [1.165, 1.54) is 98.7 Å². The summed E-state index contributed by atoms with van der Waals surface area (Å²) in [6.07, 6.45) is 0. The second-order valence-corrected chi connectivity index (χ2v) is 13.7. The van der Waals surface area contributed by atoms with Gasteiger partial charge in [0.15, 0.2) is 0 Å². The number of benzene rings is 9. The molecule has 0 saturated carbocycles. The van der Waals surface area contributed by atoms with E-state index in [-0.39, 0.29) is 5.41 Å². The zero-order chi connectivity index (χ0) is 31.3. The van der Waals surface area contributed by atoms with Crippen LogP contribution < -0.4 is 0 Å². The fraction of sp³-hybridized carbons (Fsp3) is 0.0638. The molecule has 1 aliphatic rings. The Morgan fingerprint density at radius 2 is 0.872 bits per heavy atom. The van der Waals surface area contributed by atoms with Crippen LogP contribution in [0.5, 0.6) is 0 Å². The molecule has 0 aliphatic heterocycles. The van der Waals surface area contributed by atoms with Crippen LogP contribution in [-0.4, -0.2) is 0 Å². The highest BCUT2D eigenvalue weighted by molar-refractivity contribution is 6.27. The van der Waals surface area contributed by atoms with Crippen LogP contribution in [0.4, 0.5) is 0 Å². The van der Waals surface area contributed by atoms with Crippen molar-refractivity contribution in [3.63, 3.8) is 0 Å². The van der Waals surface area contributed by atoms with Gasteiger partial charge >= 0.3 is 0 Å². The maximum Gasteiger partial charge on any atom is 0.0159 e. The third-order valence-corrected chi connectivity index (χ3v) is 10.8. The zero-order valence-electron chi connectivity index (χ0n) is 26.5. The Morgan fingerprint density at radius 3 is 1.62 bits per heavy atom. The quantitative estimate of drug-likeness (QED) is 0.178. The molecule has 10 rings (SSSR count). The molecule has 0 saturated heterocycles. The lowest BCUT2D eigenvalue weighted by Gasteiger charge is -2.23. The molecule has 0 fully saturated rings. The zero-order valence-corrected chi connectivity index (χ0v) is 26.5. The van der Waals surface area contributed by atoms with Crippen LogP contribution >= 0.6 is 0 Å². The van der Waals surface area contributed by atoms with E-state index in [9.17, 15) is 0 Å². The van der Waals surface area contributed by atoms with E-state index in [1.54, 1.807) is 0 Å². The predicted molar refractivity (Wildman–Crippen MR) is 202 cm³/mol. The largest absolute Gasteiger partial charge is 0.0622 e. The number of fused-ring (bicyclic) bond motifs is 4. The molecule has 9 aromatic rings. The van der Waals surface area contributed by atoms with Crippen LogP contribution in [0, 0.1) is 0 Å². The Morgan fingerprint density at radius 1 is 0.319 bits per heavy atom. The highest BCUT2D eigenvalue weighted by Gasteiger charge is 2.36. The molecule has 0 N–H and O–H groups in total. The van der Waals surface area contributed by atoms with Gasteiger partial charge in [-0.15, -0.1) is 0 Å². The Labute approximate surface area is 274 Å². The first-order valence-electron chi connectivity index (χ1n) is 16.6. The van der Waals surface area contributed by atoms with Gasteiger partial charge in [-0.05, 0) is 117 Å². The van der Waals surface area contributed by atoms with Gasteiger partial charge in [0.05, 0.1) is 0 Å². The van der Waals surface area contributed by atoms with Crippen molar-refractivity contribution in [1.82, 2.24) is 0 Å². The fourth-order valence-corrected chi connectivity index (χ4v) is 8.46. The third kappa shape index (κ3) is 3.76. The molecule has 220 valence electrons. The van der Waals surface area contributed by atoms with Gasteiger partial charge in [-0.3, -0.25) is 0 Å². The summed E-state index contributed by atoms with van der Waals surface area (Å²) >= 11 is 0. The van der Waals surface area contributed by atoms with Crippen LogP contribution in [0.1, 0.15) is 25.0 Å². The topological polar surface area (TPSA) is 0 Å². The van der Waals surface area contributed by atoms with Gasteiger partial charge in [0.25, 0.3) is 0 Å². The molecule has 0 heterocycles. The van der Waals surface area contributed by atoms with E-state index in [0.717, 1.165) is 0 Å². The minimum atomic E-state index is -0.0739. The van der Waals surface area contributed by atoms with Crippen molar-refractivity contribution in [1.29, 1.82) is 0 Å². The molecule has 0 unspecified atom stereocenters. The molecular weight excluding hydrogens is 565 g/mol. The summed E-state index contributed by atoms with van der Waals surface area (Å²) in [6, 6.07) is 58.9. The molecule has 0 spiro atoms. The summed E-state index contributed by atoms with van der Waals surface area (Å²) in [6.45, 7) is 4.77. The summed E-state index contributed by atoms with van der Waals surface area (Å²) in [5, 5.41) is 10.5. The van der Waals surface area contributed by atoms with Crippen molar-refractivity contribution in [3.05, 3.63) is 169 Å². The summed E-state index contributed by atoms with van der Waals surface area (Å²) in [4.78, 5) is 0. The molecule has 9 aromatic carbocycles. The van der Waals surface area contributed by atoms with E-state index in [0.29, 0.717) is 0 Å². The fourth-order valence-electron chi connectivity index (χ4n) is 8.46. The van der Waals surface area contributed by atoms with Crippen molar-refractivity contribution in [2.75, 3.05) is 0 Å². The van der Waals surface area contributed by atoms with Crippen LogP contribution in [-0.2, 0) is 5.41 Å². The molecule has 0 bridgehead atoms. The van der Waals surface area contributed by atoms with Gasteiger partial charge in [-0.2, -0.15) is 0 Å². The van der Waals surface area contributed by atoms with Crippen molar-refractivity contribution in [2.24, 2.45) is 0 Å². The summed E-state index contributed by atoms with van der Waals surface area (Å²) < 4.78 is 0. The maximum atomic E-state index is 2.47. The Balaban J connectivity index is 1.18. The van der Waals surface area contributed by atoms with E-state index in [2.05, 4.69) is 172 Å². The van der Waals surface area contributed by atoms with Gasteiger partial charge in [0.2, 0.25) is 0 Å². The van der Waals surface area contributed by atoms with Crippen LogP contribution in [0.3, 0.4) is 0 Å². The average molecular weight is 597 g/mol. The normalized spacial score (nSPS) is 13.5. The monoisotopic (exact) mass is 596 g/mol. The highest BCUT2D eigenvalue weighted by Crippen LogP contribution is 2.51. The third-order valence-electron chi connectivity index (χ3n) is 10.8. The summed E-state index contributed by atoms with van der Waals surface area (Å²) in [5.41, 5.74) is 13.1. The molecule has 0 atom stereocenters. The first-order valence-corrected chi connectivity index (χ1v) is 16.6. The molecule has 0 amide bonds. The lowest BCUT2D eigenvalue weighted by Crippen LogP contribution is -2.15. The predicted octanol–water partition coefficient (Wildman–Crippen LogP) is 13.0. The number of hydrogen-bond acceptors (Lipinski definition) is 0. The first-order chi connectivity index (χ1) is 23.1. The van der Waals surface area contributed by atoms with Gasteiger partial charge < -0.3 is 0 Å². The second-order valence-electron chi connectivity index (χ2n) is 13.7. The Kier molecular flexibility index (Phi) is 5.44. The molecule has 0 heteroatoms. The van der Waals surface area contributed by atoms with Crippen LogP contribution in [0.2, 0.25) is 0 Å². The standard InChI is InChI=1S/C47H32/c1-47(2)43-28-34(20-23-39(43)42-26-32-12-6-7-13-33(32)27-44(42)47)36-21-16-30-19-25-41-38(22-17-31-18-24-40(36)45(30)46(31)41)37-15-9-8-14-35(37)29-10-4-3-5-11-29/h3-28H,1-2H3. The Bertz CT molecular complexity index is 2690. The van der Waals surface area contributed by atoms with E-state index < -0.39 is 0 Å². The summed E-state index contributed by atoms with van der Waals surface area (Å²) in [5.74, 6) is 0.